The fraction of sp³-hybridized carbons (Fsp3) is 0.667. The first kappa shape index (κ1) is 12.1. The highest BCUT2D eigenvalue weighted by Gasteiger charge is 2.22. The van der Waals surface area contributed by atoms with Crippen molar-refractivity contribution in [2.75, 3.05) is 13.1 Å². The summed E-state index contributed by atoms with van der Waals surface area (Å²) in [6.45, 7) is 4.84. The van der Waals surface area contributed by atoms with Crippen LogP contribution in [-0.4, -0.2) is 34.6 Å². The fourth-order valence-corrected chi connectivity index (χ4v) is 2.11. The van der Waals surface area contributed by atoms with Crippen LogP contribution >= 0.6 is 0 Å². The molecule has 17 heavy (non-hydrogen) atoms. The first-order valence-electron chi connectivity index (χ1n) is 6.21. The third-order valence-electron chi connectivity index (χ3n) is 3.33. The van der Waals surface area contributed by atoms with Gasteiger partial charge in [0.05, 0.1) is 6.33 Å². The summed E-state index contributed by atoms with van der Waals surface area (Å²) < 4.78 is 1.92. The number of hydrogen-bond donors (Lipinski definition) is 2. The van der Waals surface area contributed by atoms with Crippen molar-refractivity contribution >= 4 is 5.91 Å². The molecule has 1 aliphatic rings. The Bertz CT molecular complexity index is 349. The number of carbonyl (C=O) groups excluding carboxylic acids is 1. The molecule has 2 atom stereocenters. The molecule has 0 bridgehead atoms. The van der Waals surface area contributed by atoms with Crippen LogP contribution in [0.25, 0.3) is 0 Å². The molecule has 1 aliphatic heterocycles. The molecule has 5 nitrogen and oxygen atoms in total. The molecule has 5 heteroatoms. The zero-order valence-electron chi connectivity index (χ0n) is 10.2. The van der Waals surface area contributed by atoms with Crippen LogP contribution in [-0.2, 0) is 11.3 Å². The zero-order valence-corrected chi connectivity index (χ0v) is 10.2. The predicted octanol–water partition coefficient (Wildman–Crippen LogP) is 0.387. The van der Waals surface area contributed by atoms with Gasteiger partial charge in [0.15, 0.2) is 0 Å². The van der Waals surface area contributed by atoms with Crippen molar-refractivity contribution in [1.29, 1.82) is 0 Å². The van der Waals surface area contributed by atoms with Gasteiger partial charge in [0.1, 0.15) is 0 Å². The highest BCUT2D eigenvalue weighted by Crippen LogP contribution is 2.11. The lowest BCUT2D eigenvalue weighted by atomic mass is 9.95. The number of rotatable bonds is 4. The Labute approximate surface area is 102 Å². The van der Waals surface area contributed by atoms with E-state index in [1.807, 2.05) is 10.8 Å². The maximum Gasteiger partial charge on any atom is 0.222 e. The van der Waals surface area contributed by atoms with Gasteiger partial charge in [-0.3, -0.25) is 4.79 Å². The number of aromatic nitrogens is 2. The van der Waals surface area contributed by atoms with Crippen molar-refractivity contribution < 1.29 is 4.79 Å². The van der Waals surface area contributed by atoms with Gasteiger partial charge in [0.2, 0.25) is 5.91 Å². The maximum absolute atomic E-state index is 11.8. The molecular weight excluding hydrogens is 216 g/mol. The topological polar surface area (TPSA) is 58.9 Å². The Hall–Kier alpha value is -1.36. The van der Waals surface area contributed by atoms with E-state index in [-0.39, 0.29) is 11.9 Å². The van der Waals surface area contributed by atoms with Gasteiger partial charge in [-0.05, 0) is 18.9 Å². The van der Waals surface area contributed by atoms with E-state index in [1.165, 1.54) is 0 Å². The van der Waals surface area contributed by atoms with Crippen molar-refractivity contribution in [2.24, 2.45) is 5.92 Å². The molecule has 94 valence electrons. The monoisotopic (exact) mass is 236 g/mol. The molecule has 1 fully saturated rings. The molecule has 2 unspecified atom stereocenters. The lowest BCUT2D eigenvalue weighted by Gasteiger charge is -2.30. The van der Waals surface area contributed by atoms with E-state index in [2.05, 4.69) is 22.5 Å². The van der Waals surface area contributed by atoms with Crippen LogP contribution in [0.15, 0.2) is 18.7 Å². The second-order valence-corrected chi connectivity index (χ2v) is 4.69. The Morgan fingerprint density at radius 1 is 1.65 bits per heavy atom. The van der Waals surface area contributed by atoms with Crippen LogP contribution < -0.4 is 10.6 Å². The van der Waals surface area contributed by atoms with Crippen molar-refractivity contribution in [3.05, 3.63) is 18.7 Å². The number of nitrogens with zero attached hydrogens (tertiary/aromatic N) is 2. The highest BCUT2D eigenvalue weighted by molar-refractivity contribution is 5.76. The van der Waals surface area contributed by atoms with Gasteiger partial charge in [-0.25, -0.2) is 4.98 Å². The van der Waals surface area contributed by atoms with E-state index in [0.717, 1.165) is 19.5 Å². The fourth-order valence-electron chi connectivity index (χ4n) is 2.11. The lowest BCUT2D eigenvalue weighted by Crippen LogP contribution is -2.50. The number of imidazole rings is 1. The Kier molecular flexibility index (Phi) is 4.14. The van der Waals surface area contributed by atoms with Crippen LogP contribution in [0.4, 0.5) is 0 Å². The second-order valence-electron chi connectivity index (χ2n) is 4.69. The molecule has 0 saturated carbocycles. The molecule has 1 saturated heterocycles. The van der Waals surface area contributed by atoms with Crippen LogP contribution in [0.5, 0.6) is 0 Å². The standard InChI is InChI=1S/C12H20N4O/c1-10-2-4-13-8-11(10)15-12(17)3-6-16-7-5-14-9-16/h5,7,9-11,13H,2-4,6,8H2,1H3,(H,15,17). The van der Waals surface area contributed by atoms with Crippen molar-refractivity contribution in [3.63, 3.8) is 0 Å². The first-order valence-corrected chi connectivity index (χ1v) is 6.21. The molecule has 0 radical (unpaired) electrons. The number of aryl methyl sites for hydroxylation is 1. The number of piperidine rings is 1. The third kappa shape index (κ3) is 3.56. The van der Waals surface area contributed by atoms with Crippen LogP contribution in [0.2, 0.25) is 0 Å². The Balaban J connectivity index is 1.73. The third-order valence-corrected chi connectivity index (χ3v) is 3.33. The van der Waals surface area contributed by atoms with Gasteiger partial charge in [-0.15, -0.1) is 0 Å². The molecule has 1 aromatic rings. The quantitative estimate of drug-likeness (QED) is 0.795. The van der Waals surface area contributed by atoms with E-state index >= 15 is 0 Å². The van der Waals surface area contributed by atoms with Crippen molar-refractivity contribution in [1.82, 2.24) is 20.2 Å². The first-order chi connectivity index (χ1) is 8.25. The van der Waals surface area contributed by atoms with Gasteiger partial charge in [-0.2, -0.15) is 0 Å². The summed E-state index contributed by atoms with van der Waals surface area (Å²) in [7, 11) is 0. The lowest BCUT2D eigenvalue weighted by molar-refractivity contribution is -0.122. The highest BCUT2D eigenvalue weighted by atomic mass is 16.1. The minimum Gasteiger partial charge on any atom is -0.352 e. The molecule has 1 amide bonds. The molecule has 1 aromatic heterocycles. The smallest absolute Gasteiger partial charge is 0.222 e. The average molecular weight is 236 g/mol. The molecule has 0 aromatic carbocycles. The summed E-state index contributed by atoms with van der Waals surface area (Å²) in [4.78, 5) is 15.7. The summed E-state index contributed by atoms with van der Waals surface area (Å²) in [6, 6.07) is 0.277. The van der Waals surface area contributed by atoms with Gasteiger partial charge < -0.3 is 15.2 Å². The summed E-state index contributed by atoms with van der Waals surface area (Å²) in [5.74, 6) is 0.688. The molecule has 2 heterocycles. The average Bonchev–Trinajstić information content (AvgIpc) is 2.82. The van der Waals surface area contributed by atoms with Crippen LogP contribution in [0.3, 0.4) is 0 Å². The van der Waals surface area contributed by atoms with E-state index in [4.69, 9.17) is 0 Å². The molecular formula is C12H20N4O. The SMILES string of the molecule is CC1CCNCC1NC(=O)CCn1ccnc1. The number of hydrogen-bond acceptors (Lipinski definition) is 3. The van der Waals surface area contributed by atoms with E-state index in [0.29, 0.717) is 18.9 Å². The zero-order chi connectivity index (χ0) is 12.1. The van der Waals surface area contributed by atoms with Gasteiger partial charge in [-0.1, -0.05) is 6.92 Å². The van der Waals surface area contributed by atoms with E-state index < -0.39 is 0 Å². The summed E-state index contributed by atoms with van der Waals surface area (Å²) in [5, 5.41) is 6.41. The minimum atomic E-state index is 0.124. The van der Waals surface area contributed by atoms with Crippen LogP contribution in [0.1, 0.15) is 19.8 Å². The molecule has 2 rings (SSSR count). The number of amides is 1. The summed E-state index contributed by atoms with van der Waals surface area (Å²) in [6.07, 6.45) is 6.98. The summed E-state index contributed by atoms with van der Waals surface area (Å²) in [5.41, 5.74) is 0. The summed E-state index contributed by atoms with van der Waals surface area (Å²) >= 11 is 0. The Morgan fingerprint density at radius 2 is 2.53 bits per heavy atom. The molecule has 0 aliphatic carbocycles. The normalized spacial score (nSPS) is 24.5. The van der Waals surface area contributed by atoms with Gasteiger partial charge in [0, 0.05) is 37.9 Å². The van der Waals surface area contributed by atoms with E-state index in [9.17, 15) is 4.79 Å². The Morgan fingerprint density at radius 3 is 3.24 bits per heavy atom. The predicted molar refractivity (Wildman–Crippen MR) is 65.4 cm³/mol. The van der Waals surface area contributed by atoms with Crippen molar-refractivity contribution in [3.8, 4) is 0 Å². The number of nitrogens with one attached hydrogen (secondary N) is 2. The van der Waals surface area contributed by atoms with Crippen molar-refractivity contribution in [2.45, 2.75) is 32.4 Å². The van der Waals surface area contributed by atoms with E-state index in [1.54, 1.807) is 12.5 Å². The largest absolute Gasteiger partial charge is 0.352 e. The number of carbonyl (C=O) groups is 1. The van der Waals surface area contributed by atoms with Crippen LogP contribution in [0, 0.1) is 5.92 Å². The molecule has 2 N–H and O–H groups in total. The van der Waals surface area contributed by atoms with Gasteiger partial charge >= 0.3 is 0 Å². The van der Waals surface area contributed by atoms with Gasteiger partial charge in [0.25, 0.3) is 0 Å². The second kappa shape index (κ2) is 5.82. The maximum atomic E-state index is 11.8. The minimum absolute atomic E-state index is 0.124. The molecule has 0 spiro atoms.